The molecule has 2 aromatic heterocycles. The average Bonchev–Trinajstić information content (AvgIpc) is 3.18. The van der Waals surface area contributed by atoms with Crippen molar-refractivity contribution in [3.05, 3.63) is 75.7 Å². The van der Waals surface area contributed by atoms with E-state index in [1.165, 1.54) is 11.8 Å². The summed E-state index contributed by atoms with van der Waals surface area (Å²) in [5.74, 6) is 1.61. The van der Waals surface area contributed by atoms with Crippen molar-refractivity contribution in [2.45, 2.75) is 50.9 Å². The van der Waals surface area contributed by atoms with Gasteiger partial charge in [0.05, 0.1) is 22.3 Å². The lowest BCUT2D eigenvalue weighted by Crippen LogP contribution is -2.22. The molecular weight excluding hydrogens is 396 g/mol. The van der Waals surface area contributed by atoms with Gasteiger partial charge in [-0.1, -0.05) is 62.0 Å². The van der Waals surface area contributed by atoms with Crippen LogP contribution in [-0.2, 0) is 11.2 Å². The number of aryl methyl sites for hydroxylation is 2. The summed E-state index contributed by atoms with van der Waals surface area (Å²) in [4.78, 5) is 22.7. The van der Waals surface area contributed by atoms with Crippen molar-refractivity contribution in [2.24, 2.45) is 0 Å². The molecule has 0 bridgehead atoms. The van der Waals surface area contributed by atoms with Crippen molar-refractivity contribution in [2.75, 3.05) is 0 Å². The third-order valence-corrected chi connectivity index (χ3v) is 5.74. The molecule has 0 saturated carbocycles. The summed E-state index contributed by atoms with van der Waals surface area (Å²) in [5.41, 5.74) is 3.33. The Morgan fingerprint density at radius 1 is 1.07 bits per heavy atom. The molecule has 30 heavy (non-hydrogen) atoms. The summed E-state index contributed by atoms with van der Waals surface area (Å²) in [6.45, 7) is 10.1. The summed E-state index contributed by atoms with van der Waals surface area (Å²) in [7, 11) is 0. The maximum absolute atomic E-state index is 13.4. The van der Waals surface area contributed by atoms with E-state index in [4.69, 9.17) is 9.51 Å². The van der Waals surface area contributed by atoms with Crippen LogP contribution in [0.1, 0.15) is 43.6 Å². The van der Waals surface area contributed by atoms with E-state index in [0.29, 0.717) is 33.5 Å². The maximum atomic E-state index is 13.4. The standard InChI is InChI=1S/C23H24N4O2S/c1-14-10-11-15(2)18(12-14)27-20(28)16-8-6-7-9-17(16)24-22(27)30-13-19-25-21(26-29-19)23(3,4)5/h6-12H,13H2,1-5H3. The number of hydrogen-bond donors (Lipinski definition) is 0. The molecule has 4 rings (SSSR count). The SMILES string of the molecule is Cc1ccc(C)c(-n2c(SCc3nc(C(C)(C)C)no3)nc3ccccc3c2=O)c1. The predicted molar refractivity (Wildman–Crippen MR) is 119 cm³/mol. The highest BCUT2D eigenvalue weighted by atomic mass is 32.2. The van der Waals surface area contributed by atoms with Crippen LogP contribution in [0.4, 0.5) is 0 Å². The zero-order valence-corrected chi connectivity index (χ0v) is 18.6. The second kappa shape index (κ2) is 7.72. The Bertz CT molecular complexity index is 1280. The molecule has 0 aliphatic rings. The summed E-state index contributed by atoms with van der Waals surface area (Å²) < 4.78 is 7.11. The van der Waals surface area contributed by atoms with Crippen molar-refractivity contribution in [1.82, 2.24) is 19.7 Å². The van der Waals surface area contributed by atoms with Crippen LogP contribution < -0.4 is 5.56 Å². The van der Waals surface area contributed by atoms with E-state index in [-0.39, 0.29) is 11.0 Å². The second-order valence-electron chi connectivity index (χ2n) is 8.39. The minimum absolute atomic E-state index is 0.0855. The number of nitrogens with zero attached hydrogens (tertiary/aromatic N) is 4. The molecule has 0 amide bonds. The fraction of sp³-hybridized carbons (Fsp3) is 0.304. The molecule has 0 aliphatic carbocycles. The number of thioether (sulfide) groups is 1. The van der Waals surface area contributed by atoms with Gasteiger partial charge in [-0.3, -0.25) is 9.36 Å². The van der Waals surface area contributed by atoms with E-state index >= 15 is 0 Å². The third kappa shape index (κ3) is 3.89. The lowest BCUT2D eigenvalue weighted by molar-refractivity contribution is 0.372. The second-order valence-corrected chi connectivity index (χ2v) is 9.33. The Morgan fingerprint density at radius 3 is 2.57 bits per heavy atom. The van der Waals surface area contributed by atoms with E-state index < -0.39 is 0 Å². The average molecular weight is 421 g/mol. The van der Waals surface area contributed by atoms with E-state index in [9.17, 15) is 4.79 Å². The first-order valence-corrected chi connectivity index (χ1v) is 10.8. The minimum atomic E-state index is -0.186. The van der Waals surface area contributed by atoms with Crippen LogP contribution in [0.15, 0.2) is 56.9 Å². The fourth-order valence-corrected chi connectivity index (χ4v) is 3.97. The largest absolute Gasteiger partial charge is 0.338 e. The van der Waals surface area contributed by atoms with Crippen LogP contribution in [0.25, 0.3) is 16.6 Å². The van der Waals surface area contributed by atoms with Gasteiger partial charge in [0.1, 0.15) is 0 Å². The van der Waals surface area contributed by atoms with Crippen LogP contribution in [0.5, 0.6) is 0 Å². The molecule has 7 heteroatoms. The molecule has 0 aliphatic heterocycles. The van der Waals surface area contributed by atoms with Crippen molar-refractivity contribution in [3.8, 4) is 5.69 Å². The Morgan fingerprint density at radius 2 is 1.83 bits per heavy atom. The Hall–Kier alpha value is -2.93. The van der Waals surface area contributed by atoms with Gasteiger partial charge >= 0.3 is 0 Å². The minimum Gasteiger partial charge on any atom is -0.338 e. The Labute approximate surface area is 179 Å². The molecule has 154 valence electrons. The molecule has 0 N–H and O–H groups in total. The molecule has 2 heterocycles. The third-order valence-electron chi connectivity index (χ3n) is 4.81. The quantitative estimate of drug-likeness (QED) is 0.343. The van der Waals surface area contributed by atoms with Gasteiger partial charge in [0.2, 0.25) is 5.89 Å². The van der Waals surface area contributed by atoms with Crippen LogP contribution >= 0.6 is 11.8 Å². The van der Waals surface area contributed by atoms with E-state index in [1.807, 2.05) is 77.1 Å². The van der Waals surface area contributed by atoms with Crippen LogP contribution in [0.3, 0.4) is 0 Å². The molecule has 0 unspecified atom stereocenters. The van der Waals surface area contributed by atoms with Gasteiger partial charge in [-0.05, 0) is 43.2 Å². The van der Waals surface area contributed by atoms with Gasteiger partial charge in [0.15, 0.2) is 11.0 Å². The highest BCUT2D eigenvalue weighted by Crippen LogP contribution is 2.27. The lowest BCUT2D eigenvalue weighted by atomic mass is 9.96. The Balaban J connectivity index is 1.81. The van der Waals surface area contributed by atoms with Crippen molar-refractivity contribution >= 4 is 22.7 Å². The summed E-state index contributed by atoms with van der Waals surface area (Å²) in [6, 6.07) is 13.5. The first kappa shape index (κ1) is 20.3. The van der Waals surface area contributed by atoms with Crippen molar-refractivity contribution in [1.29, 1.82) is 0 Å². The summed E-state index contributed by atoms with van der Waals surface area (Å²) in [6.07, 6.45) is 0. The van der Waals surface area contributed by atoms with E-state index in [0.717, 1.165) is 16.8 Å². The molecule has 0 atom stereocenters. The molecule has 0 radical (unpaired) electrons. The highest BCUT2D eigenvalue weighted by Gasteiger charge is 2.22. The predicted octanol–water partition coefficient (Wildman–Crippen LogP) is 4.98. The maximum Gasteiger partial charge on any atom is 0.266 e. The number of para-hydroxylation sites is 1. The normalized spacial score (nSPS) is 11.9. The molecule has 0 spiro atoms. The van der Waals surface area contributed by atoms with Gasteiger partial charge in [-0.15, -0.1) is 0 Å². The van der Waals surface area contributed by atoms with Gasteiger partial charge < -0.3 is 4.52 Å². The van der Waals surface area contributed by atoms with Crippen molar-refractivity contribution in [3.63, 3.8) is 0 Å². The molecule has 0 fully saturated rings. The van der Waals surface area contributed by atoms with Gasteiger partial charge in [0, 0.05) is 5.41 Å². The van der Waals surface area contributed by atoms with Crippen LogP contribution in [0, 0.1) is 13.8 Å². The highest BCUT2D eigenvalue weighted by molar-refractivity contribution is 7.98. The summed E-state index contributed by atoms with van der Waals surface area (Å²) >= 11 is 1.42. The zero-order valence-electron chi connectivity index (χ0n) is 17.8. The van der Waals surface area contributed by atoms with Crippen LogP contribution in [0.2, 0.25) is 0 Å². The summed E-state index contributed by atoms with van der Waals surface area (Å²) in [5, 5.41) is 5.28. The van der Waals surface area contributed by atoms with E-state index in [2.05, 4.69) is 10.1 Å². The smallest absolute Gasteiger partial charge is 0.266 e. The van der Waals surface area contributed by atoms with Crippen LogP contribution in [-0.4, -0.2) is 19.7 Å². The molecule has 2 aromatic carbocycles. The van der Waals surface area contributed by atoms with Gasteiger partial charge in [-0.25, -0.2) is 4.98 Å². The van der Waals surface area contributed by atoms with Crippen molar-refractivity contribution < 1.29 is 4.52 Å². The molecule has 6 nitrogen and oxygen atoms in total. The number of rotatable bonds is 4. The van der Waals surface area contributed by atoms with E-state index in [1.54, 1.807) is 4.57 Å². The Kier molecular flexibility index (Phi) is 5.24. The first-order valence-electron chi connectivity index (χ1n) is 9.79. The van der Waals surface area contributed by atoms with Gasteiger partial charge in [-0.2, -0.15) is 4.98 Å². The molecular formula is C23H24N4O2S. The van der Waals surface area contributed by atoms with Gasteiger partial charge in [0.25, 0.3) is 5.56 Å². The topological polar surface area (TPSA) is 73.8 Å². The number of fused-ring (bicyclic) bond motifs is 1. The zero-order chi connectivity index (χ0) is 21.5. The molecule has 0 saturated heterocycles. The lowest BCUT2D eigenvalue weighted by Gasteiger charge is -2.15. The first-order chi connectivity index (χ1) is 14.2. The molecule has 4 aromatic rings. The fourth-order valence-electron chi connectivity index (χ4n) is 3.13. The monoisotopic (exact) mass is 420 g/mol. The number of benzene rings is 2. The number of aromatic nitrogens is 4. The number of hydrogen-bond acceptors (Lipinski definition) is 6.